The third kappa shape index (κ3) is 4.09. The number of nitrogens with one attached hydrogen (secondary N) is 1. The first kappa shape index (κ1) is 15.1. The van der Waals surface area contributed by atoms with Gasteiger partial charge in [-0.25, -0.2) is 0 Å². The van der Waals surface area contributed by atoms with Crippen LogP contribution in [-0.4, -0.2) is 18.0 Å². The van der Waals surface area contributed by atoms with E-state index in [0.29, 0.717) is 0 Å². The molecule has 0 saturated heterocycles. The van der Waals surface area contributed by atoms with Gasteiger partial charge in [0.05, 0.1) is 0 Å². The molecule has 0 fully saturated rings. The molecule has 1 heterocycles. The van der Waals surface area contributed by atoms with E-state index in [2.05, 4.69) is 66.7 Å². The van der Waals surface area contributed by atoms with Crippen LogP contribution in [0.3, 0.4) is 0 Å². The van der Waals surface area contributed by atoms with Gasteiger partial charge in [0.25, 0.3) is 0 Å². The van der Waals surface area contributed by atoms with E-state index < -0.39 is 0 Å². The highest BCUT2D eigenvalue weighted by Gasteiger charge is 2.03. The highest BCUT2D eigenvalue weighted by atomic mass is 32.1. The quantitative estimate of drug-likeness (QED) is 0.806. The number of hydrogen-bond acceptors (Lipinski definition) is 3. The largest absolute Gasteiger partial charge is 0.380 e. The first-order chi connectivity index (χ1) is 9.72. The molecule has 1 aromatic carbocycles. The first-order valence-electron chi connectivity index (χ1n) is 7.31. The molecule has 2 nitrogen and oxygen atoms in total. The molecule has 0 saturated carbocycles. The zero-order valence-electron chi connectivity index (χ0n) is 12.6. The van der Waals surface area contributed by atoms with Crippen LogP contribution in [0.25, 0.3) is 0 Å². The minimum Gasteiger partial charge on any atom is -0.380 e. The Morgan fingerprint density at radius 3 is 2.60 bits per heavy atom. The maximum atomic E-state index is 3.53. The second kappa shape index (κ2) is 7.46. The summed E-state index contributed by atoms with van der Waals surface area (Å²) < 4.78 is 0. The summed E-state index contributed by atoms with van der Waals surface area (Å²) in [7, 11) is 0. The lowest BCUT2D eigenvalue weighted by Gasteiger charge is -2.18. The Kier molecular flexibility index (Phi) is 5.62. The molecule has 3 heteroatoms. The van der Waals surface area contributed by atoms with E-state index in [-0.39, 0.29) is 0 Å². The molecule has 0 bridgehead atoms. The van der Waals surface area contributed by atoms with Gasteiger partial charge in [0.1, 0.15) is 0 Å². The third-order valence-corrected chi connectivity index (χ3v) is 4.67. The number of thiophene rings is 1. The van der Waals surface area contributed by atoms with Crippen molar-refractivity contribution in [2.24, 2.45) is 0 Å². The number of nitrogens with zero attached hydrogens (tertiary/aromatic N) is 1. The van der Waals surface area contributed by atoms with E-state index in [1.165, 1.54) is 21.7 Å². The summed E-state index contributed by atoms with van der Waals surface area (Å²) in [4.78, 5) is 3.85. The van der Waals surface area contributed by atoms with Gasteiger partial charge in [-0.1, -0.05) is 26.0 Å². The Balaban J connectivity index is 1.97. The van der Waals surface area contributed by atoms with Crippen molar-refractivity contribution < 1.29 is 0 Å². The van der Waals surface area contributed by atoms with Crippen LogP contribution in [0.1, 0.15) is 29.9 Å². The van der Waals surface area contributed by atoms with Gasteiger partial charge in [0.2, 0.25) is 0 Å². The molecule has 2 rings (SSSR count). The Labute approximate surface area is 126 Å². The number of benzene rings is 1. The average molecular weight is 288 g/mol. The second-order valence-corrected chi connectivity index (χ2v) is 6.04. The number of aryl methyl sites for hydroxylation is 1. The molecule has 0 aliphatic heterocycles. The molecule has 108 valence electrons. The van der Waals surface area contributed by atoms with Crippen LogP contribution < -0.4 is 5.32 Å². The first-order valence-corrected chi connectivity index (χ1v) is 8.19. The van der Waals surface area contributed by atoms with Gasteiger partial charge >= 0.3 is 0 Å². The lowest BCUT2D eigenvalue weighted by molar-refractivity contribution is 0.296. The summed E-state index contributed by atoms with van der Waals surface area (Å²) in [5, 5.41) is 5.69. The lowest BCUT2D eigenvalue weighted by atomic mass is 10.2. The monoisotopic (exact) mass is 288 g/mol. The van der Waals surface area contributed by atoms with Crippen LogP contribution in [0.2, 0.25) is 0 Å². The molecule has 0 amide bonds. The Hall–Kier alpha value is -1.32. The average Bonchev–Trinajstić information content (AvgIpc) is 2.88. The van der Waals surface area contributed by atoms with Crippen LogP contribution in [0, 0.1) is 6.92 Å². The van der Waals surface area contributed by atoms with Crippen molar-refractivity contribution in [2.75, 3.05) is 18.4 Å². The van der Waals surface area contributed by atoms with E-state index in [4.69, 9.17) is 0 Å². The maximum absolute atomic E-state index is 3.53. The van der Waals surface area contributed by atoms with Crippen molar-refractivity contribution >= 4 is 17.0 Å². The van der Waals surface area contributed by atoms with E-state index in [1.807, 2.05) is 11.3 Å². The van der Waals surface area contributed by atoms with Gasteiger partial charge in [-0.3, -0.25) is 4.90 Å². The van der Waals surface area contributed by atoms with E-state index in [0.717, 1.165) is 26.2 Å². The highest BCUT2D eigenvalue weighted by molar-refractivity contribution is 7.10. The minimum absolute atomic E-state index is 0.915. The Bertz CT molecular complexity index is 529. The van der Waals surface area contributed by atoms with Gasteiger partial charge in [-0.2, -0.15) is 0 Å². The van der Waals surface area contributed by atoms with E-state index in [1.54, 1.807) is 0 Å². The number of rotatable bonds is 7. The molecule has 1 aromatic heterocycles. The van der Waals surface area contributed by atoms with Gasteiger partial charge in [-0.05, 0) is 54.7 Å². The molecule has 0 aliphatic carbocycles. The molecule has 20 heavy (non-hydrogen) atoms. The fraction of sp³-hybridized carbons (Fsp3) is 0.412. The summed E-state index contributed by atoms with van der Waals surface area (Å²) in [5.74, 6) is 0. The van der Waals surface area contributed by atoms with Crippen LogP contribution in [-0.2, 0) is 13.1 Å². The van der Waals surface area contributed by atoms with Crippen LogP contribution >= 0.6 is 11.3 Å². The smallest absolute Gasteiger partial charge is 0.0496 e. The van der Waals surface area contributed by atoms with Crippen LogP contribution in [0.5, 0.6) is 0 Å². The summed E-state index contributed by atoms with van der Waals surface area (Å²) in [6, 6.07) is 10.9. The Morgan fingerprint density at radius 2 is 1.95 bits per heavy atom. The van der Waals surface area contributed by atoms with Gasteiger partial charge in [-0.15, -0.1) is 11.3 Å². The summed E-state index contributed by atoms with van der Waals surface area (Å²) in [6.07, 6.45) is 0. The zero-order valence-corrected chi connectivity index (χ0v) is 13.5. The molecule has 0 atom stereocenters. The van der Waals surface area contributed by atoms with Crippen LogP contribution in [0.4, 0.5) is 5.69 Å². The van der Waals surface area contributed by atoms with Gasteiger partial charge in [0.15, 0.2) is 0 Å². The fourth-order valence-corrected chi connectivity index (χ4v) is 3.10. The van der Waals surface area contributed by atoms with Crippen molar-refractivity contribution in [3.63, 3.8) is 0 Å². The van der Waals surface area contributed by atoms with Crippen LogP contribution in [0.15, 0.2) is 35.7 Å². The summed E-state index contributed by atoms with van der Waals surface area (Å²) in [6.45, 7) is 10.7. The highest BCUT2D eigenvalue weighted by Crippen LogP contribution is 2.18. The normalized spacial score (nSPS) is 11.0. The lowest BCUT2D eigenvalue weighted by Crippen LogP contribution is -2.22. The van der Waals surface area contributed by atoms with E-state index >= 15 is 0 Å². The summed E-state index contributed by atoms with van der Waals surface area (Å²) in [5.41, 5.74) is 3.96. The molecule has 1 N–H and O–H groups in total. The van der Waals surface area contributed by atoms with Crippen molar-refractivity contribution in [3.8, 4) is 0 Å². The van der Waals surface area contributed by atoms with Crippen molar-refractivity contribution in [1.82, 2.24) is 4.90 Å². The molecule has 0 spiro atoms. The maximum Gasteiger partial charge on any atom is 0.0496 e. The zero-order chi connectivity index (χ0) is 14.4. The van der Waals surface area contributed by atoms with Gasteiger partial charge < -0.3 is 5.32 Å². The Morgan fingerprint density at radius 1 is 1.15 bits per heavy atom. The molecular weight excluding hydrogens is 264 g/mol. The molecule has 2 aromatic rings. The third-order valence-electron chi connectivity index (χ3n) is 3.65. The summed E-state index contributed by atoms with van der Waals surface area (Å²) >= 11 is 1.82. The number of anilines is 1. The van der Waals surface area contributed by atoms with Crippen molar-refractivity contribution in [2.45, 2.75) is 33.9 Å². The fourth-order valence-electron chi connectivity index (χ4n) is 2.25. The minimum atomic E-state index is 0.915. The predicted octanol–water partition coefficient (Wildman–Crippen LogP) is 4.51. The predicted molar refractivity (Wildman–Crippen MR) is 89.4 cm³/mol. The topological polar surface area (TPSA) is 15.3 Å². The second-order valence-electron chi connectivity index (χ2n) is 5.04. The molecule has 0 radical (unpaired) electrons. The molecular formula is C17H24N2S. The number of hydrogen-bond donors (Lipinski definition) is 1. The van der Waals surface area contributed by atoms with Gasteiger partial charge in [0, 0.05) is 23.7 Å². The van der Waals surface area contributed by atoms with Crippen molar-refractivity contribution in [1.29, 1.82) is 0 Å². The van der Waals surface area contributed by atoms with Crippen molar-refractivity contribution in [3.05, 3.63) is 51.7 Å². The van der Waals surface area contributed by atoms with E-state index in [9.17, 15) is 0 Å². The SMILES string of the molecule is CCN(CC)Cc1cccc(NCc2sccc2C)c1. The standard InChI is InChI=1S/C17H24N2S/c1-4-19(5-2)13-15-7-6-8-16(11-15)18-12-17-14(3)9-10-20-17/h6-11,18H,4-5,12-13H2,1-3H3. The molecule has 0 aliphatic rings. The molecule has 0 unspecified atom stereocenters.